The molecule has 2 aromatic rings. The number of rotatable bonds is 4. The number of hydrogen-bond acceptors (Lipinski definition) is 4. The van der Waals surface area contributed by atoms with Crippen LogP contribution in [0, 0.1) is 0 Å². The molecule has 2 aromatic carbocycles. The Kier molecular flexibility index (Phi) is 5.41. The predicted molar refractivity (Wildman–Crippen MR) is 103 cm³/mol. The number of halogens is 3. The molecule has 1 aliphatic rings. The fraction of sp³-hybridized carbons (Fsp3) is 0.300. The van der Waals surface area contributed by atoms with Gasteiger partial charge in [0.25, 0.3) is 5.91 Å². The molecule has 0 bridgehead atoms. The summed E-state index contributed by atoms with van der Waals surface area (Å²) in [6.45, 7) is 1.11. The topological polar surface area (TPSA) is 61.9 Å². The van der Waals surface area contributed by atoms with Gasteiger partial charge < -0.3 is 15.0 Å². The standard InChI is InChI=1S/C20H20F3N3O3/c1-12-19(28)26(16-6-4-5-7-17(16)29-12)11-18(27)24-15-9-8-13(25(2)3)10-14(15)20(21,22)23/h4-10,12H,11H2,1-3H3,(H,24,27)/t12-/m0/s1. The maximum absolute atomic E-state index is 13.5. The zero-order chi connectivity index (χ0) is 21.3. The van der Waals surface area contributed by atoms with Crippen LogP contribution in [0.2, 0.25) is 0 Å². The van der Waals surface area contributed by atoms with Gasteiger partial charge in [-0.1, -0.05) is 12.1 Å². The van der Waals surface area contributed by atoms with Crippen molar-refractivity contribution in [2.24, 2.45) is 0 Å². The van der Waals surface area contributed by atoms with E-state index in [2.05, 4.69) is 5.32 Å². The zero-order valence-electron chi connectivity index (χ0n) is 16.1. The highest BCUT2D eigenvalue weighted by Crippen LogP contribution is 2.37. The average molecular weight is 407 g/mol. The van der Waals surface area contributed by atoms with Crippen molar-refractivity contribution in [3.05, 3.63) is 48.0 Å². The third-order valence-corrected chi connectivity index (χ3v) is 4.47. The van der Waals surface area contributed by atoms with Crippen LogP contribution < -0.4 is 19.9 Å². The molecule has 29 heavy (non-hydrogen) atoms. The Morgan fingerprint density at radius 1 is 1.21 bits per heavy atom. The van der Waals surface area contributed by atoms with Crippen molar-refractivity contribution in [3.63, 3.8) is 0 Å². The molecule has 0 unspecified atom stereocenters. The average Bonchev–Trinajstić information content (AvgIpc) is 2.64. The van der Waals surface area contributed by atoms with Crippen LogP contribution in [0.3, 0.4) is 0 Å². The van der Waals surface area contributed by atoms with Crippen LogP contribution in [0.4, 0.5) is 30.2 Å². The van der Waals surface area contributed by atoms with Gasteiger partial charge in [0, 0.05) is 19.8 Å². The zero-order valence-corrected chi connectivity index (χ0v) is 16.1. The van der Waals surface area contributed by atoms with Crippen LogP contribution in [0.5, 0.6) is 5.75 Å². The Hall–Kier alpha value is -3.23. The summed E-state index contributed by atoms with van der Waals surface area (Å²) in [6.07, 6.45) is -5.45. The third kappa shape index (κ3) is 4.28. The number of hydrogen-bond donors (Lipinski definition) is 1. The highest BCUT2D eigenvalue weighted by molar-refractivity contribution is 6.06. The minimum atomic E-state index is -4.65. The number of alkyl halides is 3. The first-order valence-electron chi connectivity index (χ1n) is 8.83. The number of benzene rings is 2. The lowest BCUT2D eigenvalue weighted by Gasteiger charge is -2.32. The molecular weight excluding hydrogens is 387 g/mol. The fourth-order valence-corrected chi connectivity index (χ4v) is 3.01. The summed E-state index contributed by atoms with van der Waals surface area (Å²) in [6, 6.07) is 10.3. The van der Waals surface area contributed by atoms with Gasteiger partial charge in [0.1, 0.15) is 12.3 Å². The molecular formula is C20H20F3N3O3. The van der Waals surface area contributed by atoms with Crippen molar-refractivity contribution in [2.45, 2.75) is 19.2 Å². The Morgan fingerprint density at radius 2 is 1.90 bits per heavy atom. The van der Waals surface area contributed by atoms with Gasteiger partial charge in [0.2, 0.25) is 5.91 Å². The highest BCUT2D eigenvalue weighted by atomic mass is 19.4. The smallest absolute Gasteiger partial charge is 0.418 e. The molecule has 1 heterocycles. The molecule has 1 aliphatic heterocycles. The normalized spacial score (nSPS) is 16.1. The summed E-state index contributed by atoms with van der Waals surface area (Å²) >= 11 is 0. The second-order valence-electron chi connectivity index (χ2n) is 6.82. The summed E-state index contributed by atoms with van der Waals surface area (Å²) in [4.78, 5) is 27.7. The third-order valence-electron chi connectivity index (χ3n) is 4.47. The van der Waals surface area contributed by atoms with Crippen molar-refractivity contribution in [2.75, 3.05) is 35.8 Å². The molecule has 9 heteroatoms. The number of carbonyl (C=O) groups is 2. The van der Waals surface area contributed by atoms with Crippen molar-refractivity contribution < 1.29 is 27.5 Å². The molecule has 0 aromatic heterocycles. The number of nitrogens with zero attached hydrogens (tertiary/aromatic N) is 2. The minimum absolute atomic E-state index is 0.349. The van der Waals surface area contributed by atoms with Gasteiger partial charge >= 0.3 is 6.18 Å². The van der Waals surface area contributed by atoms with E-state index in [1.54, 1.807) is 45.3 Å². The molecule has 0 radical (unpaired) electrons. The van der Waals surface area contributed by atoms with Crippen LogP contribution >= 0.6 is 0 Å². The SMILES string of the molecule is C[C@@H]1Oc2ccccc2N(CC(=O)Nc2ccc(N(C)C)cc2C(F)(F)F)C1=O. The van der Waals surface area contributed by atoms with Gasteiger partial charge in [-0.2, -0.15) is 13.2 Å². The number of nitrogens with one attached hydrogen (secondary N) is 1. The van der Waals surface area contributed by atoms with E-state index in [0.29, 0.717) is 17.1 Å². The molecule has 1 N–H and O–H groups in total. The summed E-state index contributed by atoms with van der Waals surface area (Å²) in [7, 11) is 3.24. The van der Waals surface area contributed by atoms with Crippen molar-refractivity contribution in [3.8, 4) is 5.75 Å². The van der Waals surface area contributed by atoms with Crippen LogP contribution in [-0.2, 0) is 15.8 Å². The molecule has 3 rings (SSSR count). The lowest BCUT2D eigenvalue weighted by Crippen LogP contribution is -2.47. The first-order chi connectivity index (χ1) is 13.6. The summed E-state index contributed by atoms with van der Waals surface area (Å²) < 4.78 is 45.9. The number of amides is 2. The van der Waals surface area contributed by atoms with Gasteiger partial charge in [-0.15, -0.1) is 0 Å². The molecule has 1 atom stereocenters. The number of anilines is 3. The predicted octanol–water partition coefficient (Wildman–Crippen LogP) is 3.52. The molecule has 154 valence electrons. The highest BCUT2D eigenvalue weighted by Gasteiger charge is 2.36. The van der Waals surface area contributed by atoms with Gasteiger partial charge in [-0.05, 0) is 37.3 Å². The molecule has 0 saturated heterocycles. The Morgan fingerprint density at radius 3 is 2.55 bits per heavy atom. The van der Waals surface area contributed by atoms with E-state index in [0.717, 1.165) is 6.07 Å². The number of para-hydroxylation sites is 2. The number of fused-ring (bicyclic) bond motifs is 1. The van der Waals surface area contributed by atoms with E-state index in [-0.39, 0.29) is 5.69 Å². The van der Waals surface area contributed by atoms with Gasteiger partial charge in [-0.25, -0.2) is 0 Å². The molecule has 0 aliphatic carbocycles. The van der Waals surface area contributed by atoms with Gasteiger partial charge in [0.05, 0.1) is 16.9 Å². The fourth-order valence-electron chi connectivity index (χ4n) is 3.01. The monoisotopic (exact) mass is 407 g/mol. The second kappa shape index (κ2) is 7.65. The van der Waals surface area contributed by atoms with E-state index >= 15 is 0 Å². The lowest BCUT2D eigenvalue weighted by molar-refractivity contribution is -0.137. The Balaban J connectivity index is 1.85. The van der Waals surface area contributed by atoms with E-state index in [9.17, 15) is 22.8 Å². The van der Waals surface area contributed by atoms with Crippen molar-refractivity contribution in [1.82, 2.24) is 0 Å². The van der Waals surface area contributed by atoms with Crippen LogP contribution in [0.25, 0.3) is 0 Å². The van der Waals surface area contributed by atoms with E-state index in [1.807, 2.05) is 0 Å². The first-order valence-corrected chi connectivity index (χ1v) is 8.83. The lowest BCUT2D eigenvalue weighted by atomic mass is 10.1. The van der Waals surface area contributed by atoms with E-state index in [1.165, 1.54) is 21.9 Å². The second-order valence-corrected chi connectivity index (χ2v) is 6.82. The van der Waals surface area contributed by atoms with E-state index in [4.69, 9.17) is 4.74 Å². The maximum Gasteiger partial charge on any atom is 0.418 e. The van der Waals surface area contributed by atoms with Gasteiger partial charge in [-0.3, -0.25) is 14.5 Å². The van der Waals surface area contributed by atoms with Crippen molar-refractivity contribution in [1.29, 1.82) is 0 Å². The number of ether oxygens (including phenoxy) is 1. The largest absolute Gasteiger partial charge is 0.479 e. The number of carbonyl (C=O) groups excluding carboxylic acids is 2. The first kappa shape index (κ1) is 20.5. The Bertz CT molecular complexity index is 944. The summed E-state index contributed by atoms with van der Waals surface area (Å²) in [5, 5.41) is 2.28. The molecule has 0 saturated carbocycles. The van der Waals surface area contributed by atoms with E-state index < -0.39 is 36.2 Å². The molecule has 6 nitrogen and oxygen atoms in total. The van der Waals surface area contributed by atoms with Crippen LogP contribution in [0.1, 0.15) is 12.5 Å². The molecule has 2 amide bonds. The molecule has 0 fully saturated rings. The summed E-state index contributed by atoms with van der Waals surface area (Å²) in [5.74, 6) is -0.762. The quantitative estimate of drug-likeness (QED) is 0.843. The van der Waals surface area contributed by atoms with Crippen LogP contribution in [0.15, 0.2) is 42.5 Å². The maximum atomic E-state index is 13.5. The summed E-state index contributed by atoms with van der Waals surface area (Å²) in [5.41, 5.74) is -0.583. The molecule has 0 spiro atoms. The van der Waals surface area contributed by atoms with Crippen LogP contribution in [-0.4, -0.2) is 38.6 Å². The Labute approximate surface area is 165 Å². The minimum Gasteiger partial charge on any atom is -0.479 e. The van der Waals surface area contributed by atoms with Crippen molar-refractivity contribution >= 4 is 28.9 Å². The van der Waals surface area contributed by atoms with Gasteiger partial charge in [0.15, 0.2) is 6.10 Å².